The van der Waals surface area contributed by atoms with Crippen molar-refractivity contribution in [3.63, 3.8) is 0 Å². The lowest BCUT2D eigenvalue weighted by molar-refractivity contribution is 0.0212. The molecule has 0 saturated carbocycles. The molecule has 0 saturated heterocycles. The van der Waals surface area contributed by atoms with Crippen LogP contribution < -0.4 is 5.32 Å². The summed E-state index contributed by atoms with van der Waals surface area (Å²) < 4.78 is 5.85. The number of hydrogen-bond acceptors (Lipinski definition) is 3. The zero-order chi connectivity index (χ0) is 17.4. The summed E-state index contributed by atoms with van der Waals surface area (Å²) in [4.78, 5) is 12.5. The van der Waals surface area contributed by atoms with E-state index >= 15 is 0 Å². The molecule has 5 heteroatoms. The minimum atomic E-state index is -1.12. The van der Waals surface area contributed by atoms with Gasteiger partial charge in [-0.05, 0) is 42.5 Å². The second-order valence-corrected chi connectivity index (χ2v) is 6.63. The van der Waals surface area contributed by atoms with Crippen LogP contribution in [0.5, 0.6) is 0 Å². The lowest BCUT2D eigenvalue weighted by Gasteiger charge is -2.31. The third-order valence-electron chi connectivity index (χ3n) is 4.19. The Morgan fingerprint density at radius 1 is 0.800 bits per heavy atom. The number of fused-ring (bicyclic) bond motifs is 1. The van der Waals surface area contributed by atoms with E-state index in [1.807, 2.05) is 42.5 Å². The summed E-state index contributed by atoms with van der Waals surface area (Å²) in [7, 11) is 0. The van der Waals surface area contributed by atoms with Crippen molar-refractivity contribution in [3.8, 4) is 0 Å². The molecule has 4 rings (SSSR count). The summed E-state index contributed by atoms with van der Waals surface area (Å²) >= 11 is 12.0. The molecule has 0 amide bonds. The number of cyclic esters (lactones) is 1. The van der Waals surface area contributed by atoms with Crippen LogP contribution in [0.4, 0.5) is 5.69 Å². The molecule has 0 radical (unpaired) electrons. The maximum atomic E-state index is 12.5. The first-order valence-electron chi connectivity index (χ1n) is 7.71. The molecule has 3 nitrogen and oxygen atoms in total. The van der Waals surface area contributed by atoms with E-state index in [4.69, 9.17) is 27.9 Å². The Hall–Kier alpha value is -2.49. The summed E-state index contributed by atoms with van der Waals surface area (Å²) in [6.45, 7) is 0. The van der Waals surface area contributed by atoms with E-state index in [2.05, 4.69) is 5.32 Å². The number of rotatable bonds is 3. The lowest BCUT2D eigenvalue weighted by Crippen LogP contribution is -2.36. The Labute approximate surface area is 155 Å². The highest BCUT2D eigenvalue weighted by atomic mass is 35.5. The highest BCUT2D eigenvalue weighted by Gasteiger charge is 2.47. The van der Waals surface area contributed by atoms with E-state index < -0.39 is 5.72 Å². The van der Waals surface area contributed by atoms with Crippen molar-refractivity contribution in [3.05, 3.63) is 99.5 Å². The maximum Gasteiger partial charge on any atom is 0.341 e. The van der Waals surface area contributed by atoms with E-state index in [1.165, 1.54) is 0 Å². The van der Waals surface area contributed by atoms with Crippen molar-refractivity contribution in [1.82, 2.24) is 0 Å². The predicted octanol–water partition coefficient (Wildman–Crippen LogP) is 5.48. The van der Waals surface area contributed by atoms with E-state index in [0.717, 1.165) is 16.8 Å². The van der Waals surface area contributed by atoms with Crippen LogP contribution in [0.2, 0.25) is 10.0 Å². The number of carbonyl (C=O) groups excluding carboxylic acids is 1. The van der Waals surface area contributed by atoms with Gasteiger partial charge in [0, 0.05) is 26.9 Å². The van der Waals surface area contributed by atoms with E-state index in [1.54, 1.807) is 30.3 Å². The molecule has 3 aromatic carbocycles. The molecular weight excluding hydrogens is 357 g/mol. The molecule has 0 aromatic heterocycles. The number of halogens is 2. The number of carbonyl (C=O) groups is 1. The van der Waals surface area contributed by atoms with Crippen molar-refractivity contribution >= 4 is 34.9 Å². The zero-order valence-corrected chi connectivity index (χ0v) is 14.5. The van der Waals surface area contributed by atoms with Gasteiger partial charge in [-0.2, -0.15) is 0 Å². The van der Waals surface area contributed by atoms with Gasteiger partial charge < -0.3 is 10.1 Å². The van der Waals surface area contributed by atoms with Gasteiger partial charge in [0.2, 0.25) is 5.72 Å². The Morgan fingerprint density at radius 2 is 1.40 bits per heavy atom. The number of esters is 1. The third-order valence-corrected chi connectivity index (χ3v) is 4.69. The van der Waals surface area contributed by atoms with Gasteiger partial charge in [0.15, 0.2) is 0 Å². The highest BCUT2D eigenvalue weighted by Crippen LogP contribution is 2.42. The minimum absolute atomic E-state index is 0.369. The van der Waals surface area contributed by atoms with Crippen molar-refractivity contribution in [2.24, 2.45) is 0 Å². The first-order valence-corrected chi connectivity index (χ1v) is 8.47. The van der Waals surface area contributed by atoms with Crippen molar-refractivity contribution in [2.75, 3.05) is 5.32 Å². The molecule has 0 bridgehead atoms. The lowest BCUT2D eigenvalue weighted by atomic mass is 9.92. The van der Waals surface area contributed by atoms with Crippen LogP contribution in [0.3, 0.4) is 0 Å². The van der Waals surface area contributed by atoms with Gasteiger partial charge in [-0.3, -0.25) is 0 Å². The molecule has 1 aliphatic rings. The molecule has 25 heavy (non-hydrogen) atoms. The molecule has 1 unspecified atom stereocenters. The molecule has 0 fully saturated rings. The molecule has 1 heterocycles. The van der Waals surface area contributed by atoms with Gasteiger partial charge in [-0.25, -0.2) is 4.79 Å². The quantitative estimate of drug-likeness (QED) is 0.621. The van der Waals surface area contributed by atoms with Crippen LogP contribution >= 0.6 is 23.2 Å². The summed E-state index contributed by atoms with van der Waals surface area (Å²) in [5.74, 6) is -0.369. The van der Waals surface area contributed by atoms with Gasteiger partial charge in [0.25, 0.3) is 0 Å². The van der Waals surface area contributed by atoms with Crippen molar-refractivity contribution in [2.45, 2.75) is 5.72 Å². The van der Waals surface area contributed by atoms with Crippen LogP contribution in [0.1, 0.15) is 21.5 Å². The Bertz CT molecular complexity index is 939. The summed E-state index contributed by atoms with van der Waals surface area (Å²) in [5.41, 5.74) is 1.75. The van der Waals surface area contributed by atoms with E-state index in [-0.39, 0.29) is 5.97 Å². The fraction of sp³-hybridized carbons (Fsp3) is 0.0500. The van der Waals surface area contributed by atoms with Crippen molar-refractivity contribution < 1.29 is 9.53 Å². The normalized spacial score (nSPS) is 18.6. The Balaban J connectivity index is 1.89. The summed E-state index contributed by atoms with van der Waals surface area (Å²) in [6, 6.07) is 21.8. The van der Waals surface area contributed by atoms with Crippen LogP contribution in [0.25, 0.3) is 0 Å². The average molecular weight is 370 g/mol. The van der Waals surface area contributed by atoms with Crippen molar-refractivity contribution in [1.29, 1.82) is 0 Å². The van der Waals surface area contributed by atoms with E-state index in [9.17, 15) is 4.79 Å². The number of nitrogens with one attached hydrogen (secondary N) is 1. The van der Waals surface area contributed by atoms with E-state index in [0.29, 0.717) is 15.6 Å². The topological polar surface area (TPSA) is 38.3 Å². The summed E-state index contributed by atoms with van der Waals surface area (Å²) in [5, 5.41) is 4.61. The van der Waals surface area contributed by atoms with Crippen LogP contribution in [0, 0.1) is 0 Å². The number of benzene rings is 3. The molecule has 1 atom stereocenters. The second-order valence-electron chi connectivity index (χ2n) is 5.76. The van der Waals surface area contributed by atoms with Gasteiger partial charge in [-0.1, -0.05) is 53.5 Å². The number of anilines is 1. The summed E-state index contributed by atoms with van der Waals surface area (Å²) in [6.07, 6.45) is 0. The molecule has 1 aliphatic heterocycles. The number of hydrogen-bond donors (Lipinski definition) is 1. The first kappa shape index (κ1) is 16.0. The fourth-order valence-corrected chi connectivity index (χ4v) is 3.27. The Morgan fingerprint density at radius 3 is 2.08 bits per heavy atom. The largest absolute Gasteiger partial charge is 0.427 e. The predicted molar refractivity (Wildman–Crippen MR) is 99.2 cm³/mol. The monoisotopic (exact) mass is 369 g/mol. The number of ether oxygens (including phenoxy) is 1. The highest BCUT2D eigenvalue weighted by molar-refractivity contribution is 6.30. The van der Waals surface area contributed by atoms with Crippen LogP contribution in [-0.2, 0) is 10.5 Å². The molecule has 124 valence electrons. The van der Waals surface area contributed by atoms with Gasteiger partial charge in [0.1, 0.15) is 0 Å². The first-order chi connectivity index (χ1) is 12.1. The molecule has 0 spiro atoms. The average Bonchev–Trinajstić information content (AvgIpc) is 2.91. The van der Waals surface area contributed by atoms with Crippen LogP contribution in [-0.4, -0.2) is 5.97 Å². The molecular formula is C20H13Cl2NO2. The Kier molecular flexibility index (Phi) is 3.91. The second kappa shape index (κ2) is 6.10. The van der Waals surface area contributed by atoms with Crippen LogP contribution in [0.15, 0.2) is 72.8 Å². The minimum Gasteiger partial charge on any atom is -0.427 e. The SMILES string of the molecule is O=C1OC(Nc2ccc(Cl)cc2)(c2ccc(Cl)cc2)c2ccccc21. The smallest absolute Gasteiger partial charge is 0.341 e. The molecule has 1 N–H and O–H groups in total. The standard InChI is InChI=1S/C20H13Cl2NO2/c21-14-7-5-13(6-8-14)20(23-16-11-9-15(22)10-12-16)18-4-2-1-3-17(18)19(24)25-20/h1-12,23H. The molecule has 0 aliphatic carbocycles. The van der Waals surface area contributed by atoms with Gasteiger partial charge in [0.05, 0.1) is 5.56 Å². The zero-order valence-electron chi connectivity index (χ0n) is 13.0. The third kappa shape index (κ3) is 2.76. The maximum absolute atomic E-state index is 12.5. The molecule has 3 aromatic rings. The van der Waals surface area contributed by atoms with Gasteiger partial charge in [-0.15, -0.1) is 0 Å². The fourth-order valence-electron chi connectivity index (χ4n) is 3.02. The van der Waals surface area contributed by atoms with Gasteiger partial charge >= 0.3 is 5.97 Å².